The molecule has 144 valence electrons. The number of urea groups is 1. The van der Waals surface area contributed by atoms with Crippen LogP contribution in [-0.4, -0.2) is 41.6 Å². The minimum Gasteiger partial charge on any atom is -0.368 e. The highest BCUT2D eigenvalue weighted by atomic mass is 16.2. The first-order valence-corrected chi connectivity index (χ1v) is 9.77. The Balaban J connectivity index is 1.47. The summed E-state index contributed by atoms with van der Waals surface area (Å²) in [4.78, 5) is 21.8. The van der Waals surface area contributed by atoms with Crippen molar-refractivity contribution in [1.82, 2.24) is 9.88 Å². The number of carbonyl (C=O) groups excluding carboxylic acids is 1. The zero-order valence-corrected chi connectivity index (χ0v) is 16.6. The summed E-state index contributed by atoms with van der Waals surface area (Å²) in [6, 6.07) is 18.5. The number of nitrogens with one attached hydrogen (secondary N) is 1. The third kappa shape index (κ3) is 3.65. The van der Waals surface area contributed by atoms with Gasteiger partial charge >= 0.3 is 6.03 Å². The summed E-state index contributed by atoms with van der Waals surface area (Å²) in [6.45, 7) is 8.53. The van der Waals surface area contributed by atoms with Crippen LogP contribution in [0.3, 0.4) is 0 Å². The van der Waals surface area contributed by atoms with Crippen molar-refractivity contribution in [3.05, 3.63) is 65.9 Å². The third-order valence-corrected chi connectivity index (χ3v) is 5.40. The van der Waals surface area contributed by atoms with E-state index in [0.29, 0.717) is 6.54 Å². The molecule has 1 unspecified atom stereocenters. The van der Waals surface area contributed by atoms with Crippen LogP contribution in [0.1, 0.15) is 18.2 Å². The van der Waals surface area contributed by atoms with Gasteiger partial charge in [-0.2, -0.15) is 0 Å². The Morgan fingerprint density at radius 2 is 1.82 bits per heavy atom. The van der Waals surface area contributed by atoms with E-state index in [1.807, 2.05) is 42.2 Å². The fourth-order valence-corrected chi connectivity index (χ4v) is 3.80. The monoisotopic (exact) mass is 374 g/mol. The van der Waals surface area contributed by atoms with Crippen molar-refractivity contribution in [2.45, 2.75) is 26.8 Å². The van der Waals surface area contributed by atoms with Crippen LogP contribution in [-0.2, 0) is 0 Å². The Morgan fingerprint density at radius 1 is 1.04 bits per heavy atom. The second-order valence-corrected chi connectivity index (χ2v) is 7.58. The molecule has 5 heteroatoms. The molecule has 0 radical (unpaired) electrons. The number of carbonyl (C=O) groups is 1. The van der Waals surface area contributed by atoms with E-state index < -0.39 is 0 Å². The van der Waals surface area contributed by atoms with Gasteiger partial charge < -0.3 is 15.1 Å². The van der Waals surface area contributed by atoms with Gasteiger partial charge in [-0.3, -0.25) is 4.98 Å². The Bertz CT molecular complexity index is 999. The summed E-state index contributed by atoms with van der Waals surface area (Å²) in [5.74, 6) is 0. The minimum absolute atomic E-state index is 0.0517. The lowest BCUT2D eigenvalue weighted by Gasteiger charge is -2.41. The molecule has 5 nitrogen and oxygen atoms in total. The lowest BCUT2D eigenvalue weighted by Crippen LogP contribution is -2.55. The van der Waals surface area contributed by atoms with E-state index in [4.69, 9.17) is 0 Å². The van der Waals surface area contributed by atoms with Gasteiger partial charge in [-0.1, -0.05) is 23.8 Å². The predicted molar refractivity (Wildman–Crippen MR) is 115 cm³/mol. The molecule has 0 saturated carbocycles. The molecule has 2 aromatic carbocycles. The van der Waals surface area contributed by atoms with Crippen molar-refractivity contribution < 1.29 is 4.79 Å². The molecule has 0 aliphatic carbocycles. The van der Waals surface area contributed by atoms with Gasteiger partial charge in [0.25, 0.3) is 0 Å². The molecule has 1 aliphatic heterocycles. The average molecular weight is 374 g/mol. The number of hydrogen-bond donors (Lipinski definition) is 1. The number of benzene rings is 2. The van der Waals surface area contributed by atoms with Gasteiger partial charge in [-0.15, -0.1) is 0 Å². The van der Waals surface area contributed by atoms with Crippen LogP contribution in [0.25, 0.3) is 10.9 Å². The number of hydrogen-bond acceptors (Lipinski definition) is 3. The molecule has 2 heterocycles. The fraction of sp³-hybridized carbons (Fsp3) is 0.304. The zero-order valence-electron chi connectivity index (χ0n) is 16.6. The second kappa shape index (κ2) is 7.50. The Kier molecular flexibility index (Phi) is 4.90. The van der Waals surface area contributed by atoms with Crippen molar-refractivity contribution in [1.29, 1.82) is 0 Å². The fourth-order valence-electron chi connectivity index (χ4n) is 3.80. The highest BCUT2D eigenvalue weighted by molar-refractivity contribution is 6.00. The highest BCUT2D eigenvalue weighted by Crippen LogP contribution is 2.24. The van der Waals surface area contributed by atoms with Crippen molar-refractivity contribution in [3.8, 4) is 0 Å². The van der Waals surface area contributed by atoms with Crippen molar-refractivity contribution in [3.63, 3.8) is 0 Å². The summed E-state index contributed by atoms with van der Waals surface area (Å²) in [5, 5.41) is 4.06. The number of anilines is 2. The molecule has 1 N–H and O–H groups in total. The number of piperazine rings is 1. The minimum atomic E-state index is -0.0517. The van der Waals surface area contributed by atoms with E-state index in [1.54, 1.807) is 0 Å². The number of amides is 2. The van der Waals surface area contributed by atoms with Gasteiger partial charge in [0.2, 0.25) is 0 Å². The molecule has 4 rings (SSSR count). The van der Waals surface area contributed by atoms with Crippen molar-refractivity contribution >= 4 is 28.3 Å². The number of nitrogens with zero attached hydrogens (tertiary/aromatic N) is 3. The van der Waals surface area contributed by atoms with E-state index in [9.17, 15) is 4.79 Å². The van der Waals surface area contributed by atoms with E-state index in [0.717, 1.165) is 35.4 Å². The molecule has 1 saturated heterocycles. The first kappa shape index (κ1) is 18.3. The van der Waals surface area contributed by atoms with Crippen LogP contribution in [0.2, 0.25) is 0 Å². The zero-order chi connectivity index (χ0) is 19.7. The molecule has 1 aliphatic rings. The summed E-state index contributed by atoms with van der Waals surface area (Å²) in [6.07, 6.45) is 0. The summed E-state index contributed by atoms with van der Waals surface area (Å²) < 4.78 is 0. The molecule has 3 aromatic rings. The quantitative estimate of drug-likeness (QED) is 0.713. The largest absolute Gasteiger partial charge is 0.368 e. The van der Waals surface area contributed by atoms with Gasteiger partial charge in [-0.05, 0) is 57.2 Å². The lowest BCUT2D eigenvalue weighted by molar-refractivity contribution is 0.185. The Morgan fingerprint density at radius 3 is 2.57 bits per heavy atom. The van der Waals surface area contributed by atoms with Crippen LogP contribution >= 0.6 is 0 Å². The molecule has 0 spiro atoms. The lowest BCUT2D eigenvalue weighted by atomic mass is 10.1. The van der Waals surface area contributed by atoms with E-state index in [2.05, 4.69) is 53.3 Å². The predicted octanol–water partition coefficient (Wildman–Crippen LogP) is 4.59. The van der Waals surface area contributed by atoms with Crippen molar-refractivity contribution in [2.24, 2.45) is 0 Å². The number of aromatic nitrogens is 1. The van der Waals surface area contributed by atoms with E-state index >= 15 is 0 Å². The standard InChI is InChI=1S/C23H26N4O/c1-16-7-10-19(11-8-16)26-13-14-27(18(3)15-26)23(28)25-22-6-4-5-21-20(22)12-9-17(2)24-21/h4-12,18H,13-15H2,1-3H3,(H,25,28). The molecule has 1 atom stereocenters. The number of rotatable bonds is 2. The number of pyridine rings is 1. The topological polar surface area (TPSA) is 48.5 Å². The van der Waals surface area contributed by atoms with Gasteiger partial charge in [0, 0.05) is 42.4 Å². The van der Waals surface area contributed by atoms with Crippen LogP contribution < -0.4 is 10.2 Å². The summed E-state index contributed by atoms with van der Waals surface area (Å²) >= 11 is 0. The van der Waals surface area contributed by atoms with Crippen LogP contribution in [0.4, 0.5) is 16.2 Å². The Hall–Kier alpha value is -3.08. The molecular formula is C23H26N4O. The smallest absolute Gasteiger partial charge is 0.322 e. The first-order valence-electron chi connectivity index (χ1n) is 9.77. The molecule has 28 heavy (non-hydrogen) atoms. The SMILES string of the molecule is Cc1ccc(N2CCN(C(=O)Nc3cccc4nc(C)ccc34)C(C)C2)cc1. The summed E-state index contributed by atoms with van der Waals surface area (Å²) in [5.41, 5.74) is 5.15. The maximum atomic E-state index is 13.0. The molecule has 1 fully saturated rings. The maximum Gasteiger partial charge on any atom is 0.322 e. The number of fused-ring (bicyclic) bond motifs is 1. The average Bonchev–Trinajstić information content (AvgIpc) is 2.68. The molecule has 1 aromatic heterocycles. The highest BCUT2D eigenvalue weighted by Gasteiger charge is 2.27. The molecule has 0 bridgehead atoms. The van der Waals surface area contributed by atoms with Gasteiger partial charge in [-0.25, -0.2) is 4.79 Å². The number of aryl methyl sites for hydroxylation is 2. The first-order chi connectivity index (χ1) is 13.5. The van der Waals surface area contributed by atoms with Crippen LogP contribution in [0.5, 0.6) is 0 Å². The van der Waals surface area contributed by atoms with Crippen molar-refractivity contribution in [2.75, 3.05) is 29.9 Å². The van der Waals surface area contributed by atoms with E-state index in [1.165, 1.54) is 11.3 Å². The third-order valence-electron chi connectivity index (χ3n) is 5.40. The Labute approximate surface area is 166 Å². The maximum absolute atomic E-state index is 13.0. The molecule has 2 amide bonds. The second-order valence-electron chi connectivity index (χ2n) is 7.58. The van der Waals surface area contributed by atoms with Gasteiger partial charge in [0.15, 0.2) is 0 Å². The van der Waals surface area contributed by atoms with E-state index in [-0.39, 0.29) is 12.1 Å². The van der Waals surface area contributed by atoms with Gasteiger partial charge in [0.1, 0.15) is 0 Å². The molecular weight excluding hydrogens is 348 g/mol. The van der Waals surface area contributed by atoms with Gasteiger partial charge in [0.05, 0.1) is 11.2 Å². The van der Waals surface area contributed by atoms with Crippen LogP contribution in [0, 0.1) is 13.8 Å². The normalized spacial score (nSPS) is 17.0. The van der Waals surface area contributed by atoms with Crippen LogP contribution in [0.15, 0.2) is 54.6 Å². The summed E-state index contributed by atoms with van der Waals surface area (Å²) in [7, 11) is 0.